The topological polar surface area (TPSA) is 66.8 Å². The van der Waals surface area contributed by atoms with Gasteiger partial charge in [-0.2, -0.15) is 0 Å². The summed E-state index contributed by atoms with van der Waals surface area (Å²) in [5.74, 6) is -0.642. The van der Waals surface area contributed by atoms with Crippen LogP contribution in [-0.4, -0.2) is 23.4 Å². The summed E-state index contributed by atoms with van der Waals surface area (Å²) in [6.45, 7) is 10.7. The fourth-order valence-corrected chi connectivity index (χ4v) is 4.79. The Morgan fingerprint density at radius 2 is 1.49 bits per heavy atom. The SMILES string of the molecule is CCOc1ccc(Cl)c(/C(O)=C2\C(=O)C(=O)N(c3ccc(C(C)C)cc3)C2c2ccc(C(C)C)cc2)c1. The van der Waals surface area contributed by atoms with E-state index in [2.05, 4.69) is 27.7 Å². The van der Waals surface area contributed by atoms with Gasteiger partial charge in [0.2, 0.25) is 0 Å². The summed E-state index contributed by atoms with van der Waals surface area (Å²) >= 11 is 6.44. The summed E-state index contributed by atoms with van der Waals surface area (Å²) in [7, 11) is 0. The average molecular weight is 518 g/mol. The maximum absolute atomic E-state index is 13.5. The van der Waals surface area contributed by atoms with Gasteiger partial charge in [-0.1, -0.05) is 75.7 Å². The Labute approximate surface area is 223 Å². The highest BCUT2D eigenvalue weighted by molar-refractivity contribution is 6.52. The number of halogens is 1. The standard InChI is InChI=1S/C31H32ClNO4/c1-6-37-24-15-16-26(32)25(17-24)29(34)27-28(22-9-7-20(8-10-22)18(2)3)33(31(36)30(27)35)23-13-11-21(12-14-23)19(4)5/h7-19,28,34H,6H2,1-5H3/b29-27+. The van der Waals surface area contributed by atoms with Crippen molar-refractivity contribution in [3.63, 3.8) is 0 Å². The van der Waals surface area contributed by atoms with Gasteiger partial charge in [-0.3, -0.25) is 14.5 Å². The molecular weight excluding hydrogens is 486 g/mol. The van der Waals surface area contributed by atoms with Crippen molar-refractivity contribution in [1.29, 1.82) is 0 Å². The highest BCUT2D eigenvalue weighted by Gasteiger charge is 2.47. The van der Waals surface area contributed by atoms with Crippen molar-refractivity contribution in [3.8, 4) is 5.75 Å². The van der Waals surface area contributed by atoms with Crippen LogP contribution in [0.25, 0.3) is 5.76 Å². The Morgan fingerprint density at radius 1 is 0.919 bits per heavy atom. The number of hydrogen-bond donors (Lipinski definition) is 1. The van der Waals surface area contributed by atoms with Crippen molar-refractivity contribution >= 4 is 34.7 Å². The van der Waals surface area contributed by atoms with Crippen LogP contribution >= 0.6 is 11.6 Å². The molecule has 1 saturated heterocycles. The fraction of sp³-hybridized carbons (Fsp3) is 0.290. The molecule has 0 aromatic heterocycles. The Morgan fingerprint density at radius 3 is 2.03 bits per heavy atom. The monoisotopic (exact) mass is 517 g/mol. The molecule has 3 aromatic rings. The number of nitrogens with zero attached hydrogens (tertiary/aromatic N) is 1. The second kappa shape index (κ2) is 10.8. The van der Waals surface area contributed by atoms with Crippen LogP contribution in [0.2, 0.25) is 5.02 Å². The van der Waals surface area contributed by atoms with Crippen LogP contribution in [0, 0.1) is 0 Å². The lowest BCUT2D eigenvalue weighted by Crippen LogP contribution is -2.29. The molecule has 4 rings (SSSR count). The van der Waals surface area contributed by atoms with Crippen LogP contribution in [-0.2, 0) is 9.59 Å². The van der Waals surface area contributed by atoms with E-state index in [1.807, 2.05) is 55.5 Å². The third-order valence-electron chi connectivity index (χ3n) is 6.71. The van der Waals surface area contributed by atoms with Crippen LogP contribution in [0.3, 0.4) is 0 Å². The van der Waals surface area contributed by atoms with E-state index in [-0.39, 0.29) is 21.9 Å². The number of aliphatic hydroxyl groups is 1. The van der Waals surface area contributed by atoms with Crippen molar-refractivity contribution in [2.75, 3.05) is 11.5 Å². The minimum Gasteiger partial charge on any atom is -0.507 e. The van der Waals surface area contributed by atoms with Crippen LogP contribution in [0.15, 0.2) is 72.3 Å². The first-order valence-electron chi connectivity index (χ1n) is 12.6. The largest absolute Gasteiger partial charge is 0.507 e. The normalized spacial score (nSPS) is 17.2. The number of carbonyl (C=O) groups excluding carboxylic acids is 2. The molecule has 1 heterocycles. The zero-order valence-corrected chi connectivity index (χ0v) is 22.5. The van der Waals surface area contributed by atoms with E-state index in [0.29, 0.717) is 29.9 Å². The molecule has 192 valence electrons. The predicted octanol–water partition coefficient (Wildman–Crippen LogP) is 7.61. The first-order chi connectivity index (χ1) is 17.6. The molecule has 1 unspecified atom stereocenters. The molecule has 3 aromatic carbocycles. The number of ketones is 1. The van der Waals surface area contributed by atoms with Gasteiger partial charge in [0.15, 0.2) is 0 Å². The highest BCUT2D eigenvalue weighted by atomic mass is 35.5. The maximum atomic E-state index is 13.5. The summed E-state index contributed by atoms with van der Waals surface area (Å²) in [5.41, 5.74) is 3.79. The van der Waals surface area contributed by atoms with E-state index in [1.54, 1.807) is 18.2 Å². The van der Waals surface area contributed by atoms with Gasteiger partial charge >= 0.3 is 0 Å². The average Bonchev–Trinajstić information content (AvgIpc) is 3.15. The zero-order chi connectivity index (χ0) is 26.9. The number of carbonyl (C=O) groups is 2. The van der Waals surface area contributed by atoms with Gasteiger partial charge in [0.25, 0.3) is 11.7 Å². The van der Waals surface area contributed by atoms with E-state index in [9.17, 15) is 14.7 Å². The summed E-state index contributed by atoms with van der Waals surface area (Å²) < 4.78 is 5.58. The maximum Gasteiger partial charge on any atom is 0.300 e. The van der Waals surface area contributed by atoms with Crippen molar-refractivity contribution in [2.45, 2.75) is 52.5 Å². The van der Waals surface area contributed by atoms with Crippen LogP contribution in [0.4, 0.5) is 5.69 Å². The highest BCUT2D eigenvalue weighted by Crippen LogP contribution is 2.43. The van der Waals surface area contributed by atoms with E-state index < -0.39 is 17.7 Å². The molecule has 0 bridgehead atoms. The number of Topliss-reactive ketones (excluding diaryl/α,β-unsaturated/α-hetero) is 1. The van der Waals surface area contributed by atoms with Gasteiger partial charge in [-0.25, -0.2) is 0 Å². The van der Waals surface area contributed by atoms with Crippen molar-refractivity contribution in [2.24, 2.45) is 0 Å². The van der Waals surface area contributed by atoms with Gasteiger partial charge in [0.1, 0.15) is 11.5 Å². The Hall–Kier alpha value is -3.57. The lowest BCUT2D eigenvalue weighted by molar-refractivity contribution is -0.132. The van der Waals surface area contributed by atoms with Crippen LogP contribution in [0.1, 0.15) is 74.8 Å². The van der Waals surface area contributed by atoms with Gasteiger partial charge < -0.3 is 9.84 Å². The number of benzene rings is 3. The number of anilines is 1. The van der Waals surface area contributed by atoms with Gasteiger partial charge in [-0.05, 0) is 65.8 Å². The first-order valence-corrected chi connectivity index (χ1v) is 12.9. The number of rotatable bonds is 7. The molecule has 0 saturated carbocycles. The number of hydrogen-bond acceptors (Lipinski definition) is 4. The number of amides is 1. The Kier molecular flexibility index (Phi) is 7.74. The van der Waals surface area contributed by atoms with Gasteiger partial charge in [0.05, 0.1) is 23.2 Å². The molecule has 37 heavy (non-hydrogen) atoms. The quantitative estimate of drug-likeness (QED) is 0.199. The van der Waals surface area contributed by atoms with Gasteiger partial charge in [0, 0.05) is 11.3 Å². The van der Waals surface area contributed by atoms with Gasteiger partial charge in [-0.15, -0.1) is 0 Å². The second-order valence-corrected chi connectivity index (χ2v) is 10.2. The lowest BCUT2D eigenvalue weighted by Gasteiger charge is -2.26. The number of aliphatic hydroxyl groups excluding tert-OH is 1. The van der Waals surface area contributed by atoms with Crippen molar-refractivity contribution in [3.05, 3.63) is 99.6 Å². The molecular formula is C31H32ClNO4. The molecule has 1 aliphatic heterocycles. The molecule has 1 amide bonds. The van der Waals surface area contributed by atoms with Crippen LogP contribution < -0.4 is 9.64 Å². The second-order valence-electron chi connectivity index (χ2n) is 9.81. The van der Waals surface area contributed by atoms with E-state index in [1.165, 1.54) is 4.90 Å². The van der Waals surface area contributed by atoms with E-state index >= 15 is 0 Å². The van der Waals surface area contributed by atoms with E-state index in [0.717, 1.165) is 16.7 Å². The third kappa shape index (κ3) is 5.14. The summed E-state index contributed by atoms with van der Waals surface area (Å²) in [6.07, 6.45) is 0. The summed E-state index contributed by atoms with van der Waals surface area (Å²) in [6, 6.07) is 19.5. The molecule has 6 heteroatoms. The molecule has 0 aliphatic carbocycles. The number of ether oxygens (including phenoxy) is 1. The molecule has 0 radical (unpaired) electrons. The minimum atomic E-state index is -0.821. The molecule has 5 nitrogen and oxygen atoms in total. The van der Waals surface area contributed by atoms with Crippen molar-refractivity contribution in [1.82, 2.24) is 0 Å². The molecule has 1 aliphatic rings. The molecule has 1 N–H and O–H groups in total. The zero-order valence-electron chi connectivity index (χ0n) is 21.8. The van der Waals surface area contributed by atoms with Crippen LogP contribution in [0.5, 0.6) is 5.75 Å². The third-order valence-corrected chi connectivity index (χ3v) is 7.03. The Bertz CT molecular complexity index is 1340. The van der Waals surface area contributed by atoms with E-state index in [4.69, 9.17) is 16.3 Å². The molecule has 1 atom stereocenters. The summed E-state index contributed by atoms with van der Waals surface area (Å²) in [5, 5.41) is 11.7. The molecule has 0 spiro atoms. The fourth-order valence-electron chi connectivity index (χ4n) is 4.58. The molecule has 1 fully saturated rings. The minimum absolute atomic E-state index is 0.00854. The summed E-state index contributed by atoms with van der Waals surface area (Å²) in [4.78, 5) is 28.4. The van der Waals surface area contributed by atoms with Crippen molar-refractivity contribution < 1.29 is 19.4 Å². The Balaban J connectivity index is 1.92. The predicted molar refractivity (Wildman–Crippen MR) is 148 cm³/mol. The first kappa shape index (κ1) is 26.5. The lowest BCUT2D eigenvalue weighted by atomic mass is 9.93. The smallest absolute Gasteiger partial charge is 0.300 e.